The number of nitriles is 1. The summed E-state index contributed by atoms with van der Waals surface area (Å²) in [6.45, 7) is 3.77. The van der Waals surface area contributed by atoms with Crippen LogP contribution in [0.1, 0.15) is 16.7 Å². The summed E-state index contributed by atoms with van der Waals surface area (Å²) in [5.41, 5.74) is 3.33. The molecule has 2 aliphatic heterocycles. The molecular weight excluding hydrogens is 480 g/mol. The summed E-state index contributed by atoms with van der Waals surface area (Å²) in [5, 5.41) is 9.03. The summed E-state index contributed by atoms with van der Waals surface area (Å²) in [6, 6.07) is 28.3. The van der Waals surface area contributed by atoms with Crippen LogP contribution in [0.15, 0.2) is 84.9 Å². The maximum Gasteiger partial charge on any atom is 0.414 e. The van der Waals surface area contributed by atoms with Gasteiger partial charge in [-0.3, -0.25) is 19.5 Å². The Morgan fingerprint density at radius 2 is 1.61 bits per heavy atom. The van der Waals surface area contributed by atoms with E-state index in [1.54, 1.807) is 29.2 Å². The third-order valence-electron chi connectivity index (χ3n) is 6.94. The van der Waals surface area contributed by atoms with Crippen LogP contribution in [-0.2, 0) is 27.4 Å². The molecule has 2 heterocycles. The smallest absolute Gasteiger partial charge is 0.414 e. The number of carbonyl (C=O) groups is 2. The predicted molar refractivity (Wildman–Crippen MR) is 142 cm³/mol. The first-order valence-electron chi connectivity index (χ1n) is 12.8. The maximum absolute atomic E-state index is 13.3. The van der Waals surface area contributed by atoms with Crippen LogP contribution >= 0.6 is 0 Å². The average Bonchev–Trinajstić information content (AvgIpc) is 3.33. The second kappa shape index (κ2) is 11.9. The molecule has 5 rings (SSSR count). The highest BCUT2D eigenvalue weighted by molar-refractivity contribution is 5.89. The lowest BCUT2D eigenvalue weighted by Crippen LogP contribution is -2.57. The number of rotatable bonds is 8. The molecule has 2 unspecified atom stereocenters. The average molecular weight is 511 g/mol. The fourth-order valence-electron chi connectivity index (χ4n) is 4.93. The topological polar surface area (TPSA) is 86.1 Å². The molecule has 0 N–H and O–H groups in total. The number of amides is 1. The molecule has 0 aromatic heterocycles. The lowest BCUT2D eigenvalue weighted by molar-refractivity contribution is -0.154. The number of benzene rings is 3. The minimum absolute atomic E-state index is 0.231. The lowest BCUT2D eigenvalue weighted by Gasteiger charge is -2.40. The molecule has 194 valence electrons. The van der Waals surface area contributed by atoms with Gasteiger partial charge in [-0.1, -0.05) is 60.7 Å². The first-order valence-corrected chi connectivity index (χ1v) is 12.8. The second-order valence-electron chi connectivity index (χ2n) is 9.60. The van der Waals surface area contributed by atoms with Crippen LogP contribution < -0.4 is 4.90 Å². The molecule has 38 heavy (non-hydrogen) atoms. The molecule has 0 spiro atoms. The van der Waals surface area contributed by atoms with Crippen molar-refractivity contribution in [2.75, 3.05) is 37.6 Å². The molecule has 8 heteroatoms. The Balaban J connectivity index is 1.23. The third-order valence-corrected chi connectivity index (χ3v) is 6.94. The van der Waals surface area contributed by atoms with E-state index < -0.39 is 12.1 Å². The zero-order valence-electron chi connectivity index (χ0n) is 21.1. The quantitative estimate of drug-likeness (QED) is 0.426. The monoisotopic (exact) mass is 510 g/mol. The van der Waals surface area contributed by atoms with E-state index in [4.69, 9.17) is 14.7 Å². The number of ether oxygens (including phenoxy) is 2. The van der Waals surface area contributed by atoms with E-state index in [9.17, 15) is 9.59 Å². The van der Waals surface area contributed by atoms with Gasteiger partial charge in [-0.2, -0.15) is 5.26 Å². The molecular formula is C30H30N4O4. The Bertz CT molecular complexity index is 1280. The number of anilines is 1. The van der Waals surface area contributed by atoms with E-state index in [1.165, 1.54) is 0 Å². The summed E-state index contributed by atoms with van der Waals surface area (Å²) in [4.78, 5) is 31.8. The van der Waals surface area contributed by atoms with E-state index in [0.29, 0.717) is 44.0 Å². The van der Waals surface area contributed by atoms with Gasteiger partial charge in [0.25, 0.3) is 0 Å². The van der Waals surface area contributed by atoms with Crippen LogP contribution in [-0.4, -0.2) is 66.7 Å². The molecule has 2 aliphatic rings. The number of cyclic esters (lactones) is 1. The Hall–Kier alpha value is -4.19. The number of esters is 1. The van der Waals surface area contributed by atoms with Crippen molar-refractivity contribution in [3.63, 3.8) is 0 Å². The zero-order chi connectivity index (χ0) is 26.3. The highest BCUT2D eigenvalue weighted by atomic mass is 16.6. The molecule has 2 atom stereocenters. The zero-order valence-corrected chi connectivity index (χ0v) is 21.1. The van der Waals surface area contributed by atoms with Gasteiger partial charge in [0.15, 0.2) is 0 Å². The van der Waals surface area contributed by atoms with Crippen molar-refractivity contribution in [3.8, 4) is 6.07 Å². The number of nitrogens with zero attached hydrogens (tertiary/aromatic N) is 4. The summed E-state index contributed by atoms with van der Waals surface area (Å²) < 4.78 is 11.4. The molecule has 0 bridgehead atoms. The summed E-state index contributed by atoms with van der Waals surface area (Å²) in [7, 11) is 0. The van der Waals surface area contributed by atoms with E-state index in [0.717, 1.165) is 17.7 Å². The van der Waals surface area contributed by atoms with Gasteiger partial charge < -0.3 is 9.47 Å². The van der Waals surface area contributed by atoms with E-state index in [2.05, 4.69) is 28.0 Å². The van der Waals surface area contributed by atoms with Gasteiger partial charge in [-0.05, 0) is 35.4 Å². The molecule has 3 aromatic carbocycles. The van der Waals surface area contributed by atoms with Crippen LogP contribution in [0.5, 0.6) is 0 Å². The van der Waals surface area contributed by atoms with Crippen LogP contribution in [0.25, 0.3) is 0 Å². The highest BCUT2D eigenvalue weighted by Crippen LogP contribution is 2.24. The number of carbonyl (C=O) groups excluding carboxylic acids is 2. The van der Waals surface area contributed by atoms with Crippen LogP contribution in [0.4, 0.5) is 10.5 Å². The van der Waals surface area contributed by atoms with Gasteiger partial charge in [-0.15, -0.1) is 0 Å². The molecule has 1 amide bonds. The first-order chi connectivity index (χ1) is 18.6. The van der Waals surface area contributed by atoms with Crippen molar-refractivity contribution in [1.29, 1.82) is 5.26 Å². The number of hydrogen-bond donors (Lipinski definition) is 0. The molecule has 0 radical (unpaired) electrons. The van der Waals surface area contributed by atoms with Crippen molar-refractivity contribution in [2.45, 2.75) is 25.3 Å². The largest absolute Gasteiger partial charge is 0.460 e. The van der Waals surface area contributed by atoms with E-state index in [1.807, 2.05) is 48.5 Å². The molecule has 0 aliphatic carbocycles. The van der Waals surface area contributed by atoms with E-state index >= 15 is 0 Å². The molecule has 3 aromatic rings. The fourth-order valence-corrected chi connectivity index (χ4v) is 4.93. The van der Waals surface area contributed by atoms with Crippen molar-refractivity contribution < 1.29 is 19.1 Å². The number of piperazine rings is 1. The number of hydrogen-bond acceptors (Lipinski definition) is 7. The second-order valence-corrected chi connectivity index (χ2v) is 9.60. The van der Waals surface area contributed by atoms with Gasteiger partial charge in [0.2, 0.25) is 0 Å². The Morgan fingerprint density at radius 1 is 0.921 bits per heavy atom. The predicted octanol–water partition coefficient (Wildman–Crippen LogP) is 3.81. The molecule has 2 saturated heterocycles. The van der Waals surface area contributed by atoms with Crippen LogP contribution in [0.3, 0.4) is 0 Å². The first kappa shape index (κ1) is 25.5. The van der Waals surface area contributed by atoms with Gasteiger partial charge in [-0.25, -0.2) is 4.79 Å². The normalized spacial score (nSPS) is 20.1. The minimum atomic E-state index is -0.431. The van der Waals surface area contributed by atoms with Gasteiger partial charge in [0.05, 0.1) is 18.2 Å². The Kier molecular flexibility index (Phi) is 7.98. The Morgan fingerprint density at radius 3 is 2.29 bits per heavy atom. The molecule has 8 nitrogen and oxygen atoms in total. The van der Waals surface area contributed by atoms with Crippen molar-refractivity contribution in [2.24, 2.45) is 0 Å². The minimum Gasteiger partial charge on any atom is -0.460 e. The maximum atomic E-state index is 13.3. The lowest BCUT2D eigenvalue weighted by atomic mass is 10.1. The summed E-state index contributed by atoms with van der Waals surface area (Å²) in [5.74, 6) is -0.253. The van der Waals surface area contributed by atoms with Crippen molar-refractivity contribution >= 4 is 17.7 Å². The fraction of sp³-hybridized carbons (Fsp3) is 0.300. The van der Waals surface area contributed by atoms with Gasteiger partial charge in [0.1, 0.15) is 18.8 Å². The SMILES string of the molecule is N#Cc1ccc(N2CC(CN3CCN(Cc4ccccc4)C(C(=O)OCc4ccccc4)C3)OC2=O)cc1. The Labute approximate surface area is 222 Å². The van der Waals surface area contributed by atoms with Crippen LogP contribution in [0, 0.1) is 11.3 Å². The van der Waals surface area contributed by atoms with Gasteiger partial charge in [0, 0.05) is 38.4 Å². The standard InChI is InChI=1S/C30H30N4O4/c31-17-23-11-13-26(14-12-23)34-20-27(38-30(34)36)19-32-15-16-33(18-24-7-3-1-4-8-24)28(21-32)29(35)37-22-25-9-5-2-6-10-25/h1-14,27-28H,15-16,18-22H2. The van der Waals surface area contributed by atoms with Crippen molar-refractivity contribution in [1.82, 2.24) is 9.80 Å². The van der Waals surface area contributed by atoms with E-state index in [-0.39, 0.29) is 18.7 Å². The summed E-state index contributed by atoms with van der Waals surface area (Å²) >= 11 is 0. The van der Waals surface area contributed by atoms with Crippen LogP contribution in [0.2, 0.25) is 0 Å². The highest BCUT2D eigenvalue weighted by Gasteiger charge is 2.38. The molecule has 2 fully saturated rings. The van der Waals surface area contributed by atoms with Crippen molar-refractivity contribution in [3.05, 3.63) is 102 Å². The third kappa shape index (κ3) is 6.20. The molecule has 0 saturated carbocycles. The summed E-state index contributed by atoms with van der Waals surface area (Å²) in [6.07, 6.45) is -0.721. The van der Waals surface area contributed by atoms with Gasteiger partial charge >= 0.3 is 12.1 Å².